The monoisotopic (exact) mass is 254 g/mol. The Bertz CT molecular complexity index is 605. The van der Waals surface area contributed by atoms with E-state index >= 15 is 0 Å². The second-order valence-electron chi connectivity index (χ2n) is 4.38. The summed E-state index contributed by atoms with van der Waals surface area (Å²) >= 11 is 0. The molecule has 0 fully saturated rings. The number of nitrogen functional groups attached to an aromatic ring is 1. The first-order chi connectivity index (χ1) is 9.19. The molecule has 1 aliphatic carbocycles. The molecule has 0 spiro atoms. The fourth-order valence-electron chi connectivity index (χ4n) is 2.39. The third-order valence-electron chi connectivity index (χ3n) is 3.19. The SMILES string of the molecule is CNc1ccc2c(c1)Cc1cc(N)ccc1-2.N=CN. The number of nitrogens with one attached hydrogen (secondary N) is 2. The molecule has 0 saturated carbocycles. The van der Waals surface area contributed by atoms with E-state index in [1.54, 1.807) is 0 Å². The van der Waals surface area contributed by atoms with Crippen molar-refractivity contribution in [1.82, 2.24) is 0 Å². The van der Waals surface area contributed by atoms with Crippen molar-refractivity contribution >= 4 is 17.7 Å². The van der Waals surface area contributed by atoms with Crippen molar-refractivity contribution in [3.05, 3.63) is 47.5 Å². The zero-order valence-electron chi connectivity index (χ0n) is 10.9. The van der Waals surface area contributed by atoms with Crippen LogP contribution in [-0.2, 0) is 6.42 Å². The Morgan fingerprint density at radius 3 is 2.32 bits per heavy atom. The largest absolute Gasteiger partial charge is 0.399 e. The van der Waals surface area contributed by atoms with Gasteiger partial charge in [-0.15, -0.1) is 0 Å². The molecule has 98 valence electrons. The molecule has 0 unspecified atom stereocenters. The number of nitrogens with two attached hydrogens (primary N) is 2. The van der Waals surface area contributed by atoms with Crippen LogP contribution in [0.2, 0.25) is 0 Å². The number of anilines is 2. The standard InChI is InChI=1S/C14H14N2.CH4N2/c1-16-12-3-5-14-10(8-12)6-9-7-11(15)2-4-13(9)14;2-1-3/h2-5,7-8,16H,6,15H2,1H3;1H,(H3,2,3). The fourth-order valence-corrected chi connectivity index (χ4v) is 2.39. The first-order valence-corrected chi connectivity index (χ1v) is 6.09. The lowest BCUT2D eigenvalue weighted by Gasteiger charge is -2.04. The Balaban J connectivity index is 0.000000408. The number of hydrogen-bond acceptors (Lipinski definition) is 3. The van der Waals surface area contributed by atoms with E-state index in [9.17, 15) is 0 Å². The molecule has 0 amide bonds. The number of fused-ring (bicyclic) bond motifs is 3. The van der Waals surface area contributed by atoms with Crippen LogP contribution in [0.1, 0.15) is 11.1 Å². The highest BCUT2D eigenvalue weighted by Crippen LogP contribution is 2.38. The van der Waals surface area contributed by atoms with Crippen molar-refractivity contribution in [3.63, 3.8) is 0 Å². The van der Waals surface area contributed by atoms with E-state index in [0.29, 0.717) is 0 Å². The summed E-state index contributed by atoms with van der Waals surface area (Å²) in [4.78, 5) is 0. The third-order valence-corrected chi connectivity index (χ3v) is 3.19. The molecule has 3 rings (SSSR count). The molecule has 0 bridgehead atoms. The third kappa shape index (κ3) is 2.52. The van der Waals surface area contributed by atoms with E-state index < -0.39 is 0 Å². The van der Waals surface area contributed by atoms with Crippen molar-refractivity contribution in [2.24, 2.45) is 5.73 Å². The number of benzene rings is 2. The van der Waals surface area contributed by atoms with Crippen LogP contribution in [0, 0.1) is 5.41 Å². The lowest BCUT2D eigenvalue weighted by atomic mass is 10.1. The van der Waals surface area contributed by atoms with Gasteiger partial charge in [-0.2, -0.15) is 0 Å². The van der Waals surface area contributed by atoms with Crippen LogP contribution in [0.4, 0.5) is 11.4 Å². The molecule has 1 aliphatic rings. The molecule has 0 atom stereocenters. The van der Waals surface area contributed by atoms with Crippen molar-refractivity contribution in [1.29, 1.82) is 5.41 Å². The number of rotatable bonds is 1. The molecule has 0 saturated heterocycles. The molecule has 2 aromatic carbocycles. The average molecular weight is 254 g/mol. The molecule has 0 radical (unpaired) electrons. The van der Waals surface area contributed by atoms with Gasteiger partial charge in [-0.1, -0.05) is 12.1 Å². The molecule has 0 aliphatic heterocycles. The van der Waals surface area contributed by atoms with Crippen LogP contribution in [0.3, 0.4) is 0 Å². The van der Waals surface area contributed by atoms with Gasteiger partial charge in [0.1, 0.15) is 0 Å². The molecule has 0 aromatic heterocycles. The van der Waals surface area contributed by atoms with Crippen molar-refractivity contribution in [2.45, 2.75) is 6.42 Å². The van der Waals surface area contributed by atoms with Gasteiger partial charge < -0.3 is 16.8 Å². The summed E-state index contributed by atoms with van der Waals surface area (Å²) in [6.45, 7) is 0. The van der Waals surface area contributed by atoms with Gasteiger partial charge >= 0.3 is 0 Å². The highest BCUT2D eigenvalue weighted by Gasteiger charge is 2.18. The van der Waals surface area contributed by atoms with Crippen LogP contribution < -0.4 is 16.8 Å². The first-order valence-electron chi connectivity index (χ1n) is 6.09. The minimum Gasteiger partial charge on any atom is -0.399 e. The first kappa shape index (κ1) is 13.0. The molecular weight excluding hydrogens is 236 g/mol. The predicted octanol–water partition coefficient (Wildman–Crippen LogP) is 2.43. The maximum absolute atomic E-state index is 5.86. The molecular formula is C15H18N4. The van der Waals surface area contributed by atoms with Gasteiger partial charge in [0.15, 0.2) is 0 Å². The number of hydrogen-bond donors (Lipinski definition) is 4. The van der Waals surface area contributed by atoms with Gasteiger partial charge in [0.05, 0.1) is 6.34 Å². The maximum atomic E-state index is 5.86. The molecule has 19 heavy (non-hydrogen) atoms. The zero-order chi connectivity index (χ0) is 13.8. The zero-order valence-corrected chi connectivity index (χ0v) is 10.9. The van der Waals surface area contributed by atoms with Crippen molar-refractivity contribution in [3.8, 4) is 11.1 Å². The fraction of sp³-hybridized carbons (Fsp3) is 0.133. The molecule has 4 heteroatoms. The summed E-state index contributed by atoms with van der Waals surface area (Å²) in [5.74, 6) is 0. The van der Waals surface area contributed by atoms with E-state index in [1.807, 2.05) is 13.1 Å². The van der Waals surface area contributed by atoms with Crippen LogP contribution in [-0.4, -0.2) is 13.4 Å². The quantitative estimate of drug-likeness (QED) is 0.305. The average Bonchev–Trinajstić information content (AvgIpc) is 2.75. The summed E-state index contributed by atoms with van der Waals surface area (Å²) in [6.07, 6.45) is 1.74. The van der Waals surface area contributed by atoms with E-state index in [-0.39, 0.29) is 0 Å². The Hall–Kier alpha value is -2.49. The van der Waals surface area contributed by atoms with Gasteiger partial charge in [-0.3, -0.25) is 5.41 Å². The summed E-state index contributed by atoms with van der Waals surface area (Å²) < 4.78 is 0. The topological polar surface area (TPSA) is 87.9 Å². The predicted molar refractivity (Wildman–Crippen MR) is 81.6 cm³/mol. The van der Waals surface area contributed by atoms with E-state index in [0.717, 1.165) is 18.4 Å². The Labute approximate surface area is 112 Å². The van der Waals surface area contributed by atoms with E-state index in [4.69, 9.17) is 11.1 Å². The van der Waals surface area contributed by atoms with E-state index in [2.05, 4.69) is 41.4 Å². The highest BCUT2D eigenvalue weighted by atomic mass is 14.8. The Morgan fingerprint density at radius 2 is 1.68 bits per heavy atom. The highest BCUT2D eigenvalue weighted by molar-refractivity contribution is 5.79. The minimum absolute atomic E-state index is 0.750. The lowest BCUT2D eigenvalue weighted by Crippen LogP contribution is -1.89. The summed E-state index contributed by atoms with van der Waals surface area (Å²) in [5, 5.41) is 9.03. The maximum Gasteiger partial charge on any atom is 0.0765 e. The summed E-state index contributed by atoms with van der Waals surface area (Å²) in [5.41, 5.74) is 17.6. The Morgan fingerprint density at radius 1 is 1.11 bits per heavy atom. The van der Waals surface area contributed by atoms with Crippen molar-refractivity contribution in [2.75, 3.05) is 18.1 Å². The van der Waals surface area contributed by atoms with Crippen LogP contribution >= 0.6 is 0 Å². The van der Waals surface area contributed by atoms with Crippen LogP contribution in [0.25, 0.3) is 11.1 Å². The van der Waals surface area contributed by atoms with Crippen molar-refractivity contribution < 1.29 is 0 Å². The normalized spacial score (nSPS) is 10.8. The van der Waals surface area contributed by atoms with Gasteiger partial charge in [0.2, 0.25) is 0 Å². The van der Waals surface area contributed by atoms with E-state index in [1.165, 1.54) is 27.9 Å². The molecule has 6 N–H and O–H groups in total. The second kappa shape index (κ2) is 5.44. The second-order valence-corrected chi connectivity index (χ2v) is 4.38. The van der Waals surface area contributed by atoms with Gasteiger partial charge in [-0.25, -0.2) is 0 Å². The minimum atomic E-state index is 0.750. The summed E-state index contributed by atoms with van der Waals surface area (Å²) in [7, 11) is 1.95. The smallest absolute Gasteiger partial charge is 0.0765 e. The van der Waals surface area contributed by atoms with Crippen LogP contribution in [0.5, 0.6) is 0 Å². The Kier molecular flexibility index (Phi) is 3.71. The molecule has 4 nitrogen and oxygen atoms in total. The summed E-state index contributed by atoms with van der Waals surface area (Å²) in [6, 6.07) is 12.7. The van der Waals surface area contributed by atoms with Gasteiger partial charge in [-0.05, 0) is 52.9 Å². The van der Waals surface area contributed by atoms with Crippen LogP contribution in [0.15, 0.2) is 36.4 Å². The van der Waals surface area contributed by atoms with Gasteiger partial charge in [0.25, 0.3) is 0 Å². The lowest BCUT2D eigenvalue weighted by molar-refractivity contribution is 1.26. The molecule has 2 aromatic rings. The molecule has 0 heterocycles. The van der Waals surface area contributed by atoms with Gasteiger partial charge in [0, 0.05) is 18.4 Å².